The summed E-state index contributed by atoms with van der Waals surface area (Å²) < 4.78 is 36.0. The second-order valence-corrected chi connectivity index (χ2v) is 3.30. The SMILES string of the molecule is FC(F)(F)c1cnc(Br)nc1Br. The molecule has 0 fully saturated rings. The maximum Gasteiger partial charge on any atom is 0.420 e. The predicted octanol–water partition coefficient (Wildman–Crippen LogP) is 3.02. The Morgan fingerprint density at radius 2 is 1.83 bits per heavy atom. The molecule has 1 aromatic heterocycles. The van der Waals surface area contributed by atoms with Crippen LogP contribution in [0.4, 0.5) is 13.2 Å². The number of nitrogens with zero attached hydrogens (tertiary/aromatic N) is 2. The summed E-state index contributed by atoms with van der Waals surface area (Å²) in [5.74, 6) is 0. The summed E-state index contributed by atoms with van der Waals surface area (Å²) in [7, 11) is 0. The van der Waals surface area contributed by atoms with Crippen LogP contribution in [-0.4, -0.2) is 9.97 Å². The van der Waals surface area contributed by atoms with Crippen LogP contribution in [0.1, 0.15) is 5.56 Å². The average molecular weight is 306 g/mol. The van der Waals surface area contributed by atoms with Crippen LogP contribution in [0.2, 0.25) is 0 Å². The van der Waals surface area contributed by atoms with Crippen molar-refractivity contribution in [2.45, 2.75) is 6.18 Å². The van der Waals surface area contributed by atoms with E-state index in [1.54, 1.807) is 0 Å². The van der Waals surface area contributed by atoms with Gasteiger partial charge in [-0.1, -0.05) is 0 Å². The van der Waals surface area contributed by atoms with Crippen LogP contribution in [0.15, 0.2) is 15.5 Å². The Hall–Kier alpha value is -0.170. The number of hydrogen-bond donors (Lipinski definition) is 0. The molecule has 0 aliphatic rings. The van der Waals surface area contributed by atoms with Gasteiger partial charge in [0.05, 0.1) is 0 Å². The fourth-order valence-electron chi connectivity index (χ4n) is 0.531. The molecule has 0 aliphatic carbocycles. The first-order chi connectivity index (χ1) is 5.41. The highest BCUT2D eigenvalue weighted by Gasteiger charge is 2.34. The third kappa shape index (κ3) is 2.16. The van der Waals surface area contributed by atoms with Gasteiger partial charge in [0, 0.05) is 6.20 Å². The van der Waals surface area contributed by atoms with Gasteiger partial charge >= 0.3 is 6.18 Å². The van der Waals surface area contributed by atoms with Gasteiger partial charge in [-0.2, -0.15) is 13.2 Å². The van der Waals surface area contributed by atoms with Crippen molar-refractivity contribution in [1.29, 1.82) is 0 Å². The summed E-state index contributed by atoms with van der Waals surface area (Å²) in [6.07, 6.45) is -3.71. The maximum atomic E-state index is 12.1. The first kappa shape index (κ1) is 9.91. The number of aromatic nitrogens is 2. The topological polar surface area (TPSA) is 25.8 Å². The quantitative estimate of drug-likeness (QED) is 0.544. The second-order valence-electron chi connectivity index (χ2n) is 1.84. The van der Waals surface area contributed by atoms with Crippen LogP contribution in [0.25, 0.3) is 0 Å². The second kappa shape index (κ2) is 3.29. The molecule has 0 saturated carbocycles. The first-order valence-corrected chi connectivity index (χ1v) is 4.25. The monoisotopic (exact) mass is 304 g/mol. The molecule has 0 atom stereocenters. The van der Waals surface area contributed by atoms with Crippen LogP contribution in [-0.2, 0) is 6.18 Å². The highest BCUT2D eigenvalue weighted by molar-refractivity contribution is 9.11. The van der Waals surface area contributed by atoms with Crippen molar-refractivity contribution in [1.82, 2.24) is 9.97 Å². The Morgan fingerprint density at radius 3 is 2.25 bits per heavy atom. The predicted molar refractivity (Wildman–Crippen MR) is 42.4 cm³/mol. The van der Waals surface area contributed by atoms with E-state index in [4.69, 9.17) is 0 Å². The van der Waals surface area contributed by atoms with Gasteiger partial charge in [0.1, 0.15) is 10.2 Å². The van der Waals surface area contributed by atoms with Crippen molar-refractivity contribution in [3.63, 3.8) is 0 Å². The van der Waals surface area contributed by atoms with E-state index in [1.807, 2.05) is 0 Å². The third-order valence-electron chi connectivity index (χ3n) is 1.02. The largest absolute Gasteiger partial charge is 0.420 e. The van der Waals surface area contributed by atoms with Gasteiger partial charge < -0.3 is 0 Å². The zero-order chi connectivity index (χ0) is 9.35. The molecule has 0 spiro atoms. The fraction of sp³-hybridized carbons (Fsp3) is 0.200. The molecular formula is C5HBr2F3N2. The van der Waals surface area contributed by atoms with Gasteiger partial charge in [0.2, 0.25) is 0 Å². The molecular weight excluding hydrogens is 305 g/mol. The van der Waals surface area contributed by atoms with Crippen molar-refractivity contribution < 1.29 is 13.2 Å². The normalized spacial score (nSPS) is 11.8. The zero-order valence-corrected chi connectivity index (χ0v) is 8.53. The van der Waals surface area contributed by atoms with Gasteiger partial charge in [0.15, 0.2) is 4.73 Å². The van der Waals surface area contributed by atoms with Crippen molar-refractivity contribution in [2.24, 2.45) is 0 Å². The van der Waals surface area contributed by atoms with Gasteiger partial charge in [-0.3, -0.25) is 0 Å². The summed E-state index contributed by atoms with van der Waals surface area (Å²) in [4.78, 5) is 6.80. The molecule has 0 unspecified atom stereocenters. The molecule has 0 aliphatic heterocycles. The molecule has 1 heterocycles. The smallest absolute Gasteiger partial charge is 0.230 e. The average Bonchev–Trinajstić information content (AvgIpc) is 1.83. The summed E-state index contributed by atoms with van der Waals surface area (Å²) >= 11 is 5.53. The van der Waals surface area contributed by atoms with Crippen molar-refractivity contribution in [3.05, 3.63) is 21.1 Å². The van der Waals surface area contributed by atoms with Crippen molar-refractivity contribution in [2.75, 3.05) is 0 Å². The Labute approximate surface area is 82.5 Å². The standard InChI is InChI=1S/C5HBr2F3N2/c6-3-2(5(8,9)10)1-11-4(7)12-3/h1H. The highest BCUT2D eigenvalue weighted by Crippen LogP contribution is 2.33. The van der Waals surface area contributed by atoms with Crippen molar-refractivity contribution >= 4 is 31.9 Å². The maximum absolute atomic E-state index is 12.1. The summed E-state index contributed by atoms with van der Waals surface area (Å²) in [6, 6.07) is 0. The van der Waals surface area contributed by atoms with Crippen LogP contribution < -0.4 is 0 Å². The fourth-order valence-corrected chi connectivity index (χ4v) is 1.54. The van der Waals surface area contributed by atoms with Crippen LogP contribution >= 0.6 is 31.9 Å². The first-order valence-electron chi connectivity index (χ1n) is 2.66. The molecule has 1 aromatic rings. The zero-order valence-electron chi connectivity index (χ0n) is 5.36. The van der Waals surface area contributed by atoms with Gasteiger partial charge in [0.25, 0.3) is 0 Å². The minimum absolute atomic E-state index is 0.113. The molecule has 7 heteroatoms. The lowest BCUT2D eigenvalue weighted by molar-refractivity contribution is -0.138. The molecule has 0 saturated heterocycles. The van der Waals surface area contributed by atoms with E-state index in [9.17, 15) is 13.2 Å². The summed E-state index contributed by atoms with van der Waals surface area (Å²) in [5.41, 5.74) is -0.884. The van der Waals surface area contributed by atoms with Gasteiger partial charge in [-0.25, -0.2) is 9.97 Å². The van der Waals surface area contributed by atoms with Crippen LogP contribution in [0, 0.1) is 0 Å². The lowest BCUT2D eigenvalue weighted by atomic mass is 10.3. The number of halogens is 5. The Balaban J connectivity index is 3.19. The van der Waals surface area contributed by atoms with E-state index in [1.165, 1.54) is 0 Å². The van der Waals surface area contributed by atoms with Gasteiger partial charge in [-0.05, 0) is 31.9 Å². The van der Waals surface area contributed by atoms with Crippen LogP contribution in [0.5, 0.6) is 0 Å². The van der Waals surface area contributed by atoms with Gasteiger partial charge in [-0.15, -0.1) is 0 Å². The Kier molecular flexibility index (Phi) is 2.72. The molecule has 2 nitrogen and oxygen atoms in total. The van der Waals surface area contributed by atoms with E-state index >= 15 is 0 Å². The van der Waals surface area contributed by atoms with E-state index in [2.05, 4.69) is 41.8 Å². The number of hydrogen-bond acceptors (Lipinski definition) is 2. The van der Waals surface area contributed by atoms with E-state index < -0.39 is 11.7 Å². The van der Waals surface area contributed by atoms with Crippen LogP contribution in [0.3, 0.4) is 0 Å². The van der Waals surface area contributed by atoms with E-state index in [-0.39, 0.29) is 9.34 Å². The Morgan fingerprint density at radius 1 is 1.25 bits per heavy atom. The number of rotatable bonds is 0. The van der Waals surface area contributed by atoms with E-state index in [0.29, 0.717) is 6.20 Å². The molecule has 66 valence electrons. The summed E-state index contributed by atoms with van der Waals surface area (Å²) in [6.45, 7) is 0. The highest BCUT2D eigenvalue weighted by atomic mass is 79.9. The summed E-state index contributed by atoms with van der Waals surface area (Å²) in [5, 5.41) is 0. The lowest BCUT2D eigenvalue weighted by Crippen LogP contribution is -2.07. The molecule has 0 aromatic carbocycles. The third-order valence-corrected chi connectivity index (χ3v) is 2.00. The molecule has 12 heavy (non-hydrogen) atoms. The Bertz CT molecular complexity index is 299. The van der Waals surface area contributed by atoms with E-state index in [0.717, 1.165) is 0 Å². The van der Waals surface area contributed by atoms with Crippen molar-refractivity contribution in [3.8, 4) is 0 Å². The molecule has 0 radical (unpaired) electrons. The lowest BCUT2D eigenvalue weighted by Gasteiger charge is -2.06. The molecule has 1 rings (SSSR count). The minimum Gasteiger partial charge on any atom is -0.230 e. The number of alkyl halides is 3. The molecule has 0 amide bonds. The minimum atomic E-state index is -4.42. The molecule has 0 N–H and O–H groups in total. The molecule has 0 bridgehead atoms.